The molecule has 2 aromatic carbocycles. The van der Waals surface area contributed by atoms with E-state index in [4.69, 9.17) is 22.1 Å². The third-order valence-electron chi connectivity index (χ3n) is 4.91. The number of unbranched alkanes of at least 4 members (excludes halogenated alkanes) is 1. The van der Waals surface area contributed by atoms with Crippen LogP contribution in [0.5, 0.6) is 5.75 Å². The molecular weight excluding hydrogens is 426 g/mol. The number of para-hydroxylation sites is 1. The molecule has 0 unspecified atom stereocenters. The Balaban J connectivity index is 1.76. The molecule has 1 fully saturated rings. The summed E-state index contributed by atoms with van der Waals surface area (Å²) in [5.41, 5.74) is 3.51. The van der Waals surface area contributed by atoms with Crippen molar-refractivity contribution in [2.75, 3.05) is 13.7 Å². The van der Waals surface area contributed by atoms with Crippen LogP contribution in [-0.2, 0) is 4.79 Å². The van der Waals surface area contributed by atoms with Crippen molar-refractivity contribution in [3.05, 3.63) is 71.3 Å². The molecule has 0 saturated carbocycles. The fourth-order valence-electron chi connectivity index (χ4n) is 3.18. The zero-order chi connectivity index (χ0) is 21.8. The monoisotopic (exact) mass is 449 g/mol. The van der Waals surface area contributed by atoms with Gasteiger partial charge in [0, 0.05) is 24.4 Å². The maximum Gasteiger partial charge on any atom is 0.265 e. The summed E-state index contributed by atoms with van der Waals surface area (Å²) >= 11 is 6.59. The molecule has 5 nitrogen and oxygen atoms in total. The Bertz CT molecular complexity index is 1140. The quantitative estimate of drug-likeness (QED) is 0.269. The largest absolute Gasteiger partial charge is 0.494 e. The Hall–Kier alpha value is -2.90. The number of likely N-dealkylation sites (N-methyl/N-ethyl adjacent to an activating group) is 1. The summed E-state index contributed by atoms with van der Waals surface area (Å²) in [5, 5.41) is 4.84. The molecule has 0 bridgehead atoms. The Morgan fingerprint density at radius 3 is 2.68 bits per heavy atom. The third kappa shape index (κ3) is 4.73. The van der Waals surface area contributed by atoms with Gasteiger partial charge in [-0.25, -0.2) is 4.68 Å². The molecule has 1 aliphatic heterocycles. The van der Waals surface area contributed by atoms with Crippen molar-refractivity contribution in [3.63, 3.8) is 0 Å². The standard InChI is InChI=1S/C24H23N3O2S2/c1-3-4-13-29-20-12-8-9-17(14-20)22-18(15-21-23(28)26(2)24(30)31-21)16-27(25-22)19-10-6-5-7-11-19/h5-12,14-16H,3-4,13H2,1-2H3/b21-15-. The van der Waals surface area contributed by atoms with Crippen LogP contribution in [-0.4, -0.2) is 38.6 Å². The van der Waals surface area contributed by atoms with Gasteiger partial charge in [0.15, 0.2) is 0 Å². The zero-order valence-electron chi connectivity index (χ0n) is 17.4. The maximum absolute atomic E-state index is 12.5. The van der Waals surface area contributed by atoms with Crippen molar-refractivity contribution in [2.45, 2.75) is 19.8 Å². The molecule has 1 aromatic heterocycles. The minimum Gasteiger partial charge on any atom is -0.494 e. The lowest BCUT2D eigenvalue weighted by molar-refractivity contribution is -0.121. The lowest BCUT2D eigenvalue weighted by Gasteiger charge is -2.07. The summed E-state index contributed by atoms with van der Waals surface area (Å²) < 4.78 is 8.27. The van der Waals surface area contributed by atoms with Gasteiger partial charge in [0.05, 0.1) is 17.2 Å². The van der Waals surface area contributed by atoms with Crippen LogP contribution in [0, 0.1) is 0 Å². The van der Waals surface area contributed by atoms with Crippen LogP contribution < -0.4 is 4.74 Å². The van der Waals surface area contributed by atoms with Crippen LogP contribution in [0.4, 0.5) is 0 Å². The topological polar surface area (TPSA) is 47.4 Å². The average molecular weight is 450 g/mol. The molecule has 0 atom stereocenters. The first-order valence-electron chi connectivity index (χ1n) is 10.2. The number of ether oxygens (including phenoxy) is 1. The number of hydrogen-bond acceptors (Lipinski definition) is 5. The van der Waals surface area contributed by atoms with E-state index >= 15 is 0 Å². The lowest BCUT2D eigenvalue weighted by Crippen LogP contribution is -2.22. The van der Waals surface area contributed by atoms with Gasteiger partial charge in [-0.15, -0.1) is 0 Å². The summed E-state index contributed by atoms with van der Waals surface area (Å²) in [6.07, 6.45) is 5.91. The van der Waals surface area contributed by atoms with Gasteiger partial charge in [0.2, 0.25) is 0 Å². The van der Waals surface area contributed by atoms with Crippen LogP contribution in [0.15, 0.2) is 65.7 Å². The number of carbonyl (C=O) groups is 1. The van der Waals surface area contributed by atoms with E-state index in [9.17, 15) is 4.79 Å². The van der Waals surface area contributed by atoms with Crippen LogP contribution >= 0.6 is 24.0 Å². The Labute approximate surface area is 191 Å². The van der Waals surface area contributed by atoms with Crippen LogP contribution in [0.3, 0.4) is 0 Å². The highest BCUT2D eigenvalue weighted by Gasteiger charge is 2.29. The van der Waals surface area contributed by atoms with E-state index < -0.39 is 0 Å². The summed E-state index contributed by atoms with van der Waals surface area (Å²) in [6.45, 7) is 2.82. The maximum atomic E-state index is 12.5. The third-order valence-corrected chi connectivity index (χ3v) is 6.40. The molecule has 4 rings (SSSR count). The van der Waals surface area contributed by atoms with E-state index in [1.165, 1.54) is 16.7 Å². The number of hydrogen-bond donors (Lipinski definition) is 0. The summed E-state index contributed by atoms with van der Waals surface area (Å²) in [6, 6.07) is 17.8. The number of thiocarbonyl (C=S) groups is 1. The van der Waals surface area contributed by atoms with Gasteiger partial charge >= 0.3 is 0 Å². The molecule has 3 aromatic rings. The fourth-order valence-corrected chi connectivity index (χ4v) is 4.35. The Morgan fingerprint density at radius 2 is 1.97 bits per heavy atom. The SMILES string of the molecule is CCCCOc1cccc(-c2nn(-c3ccccc3)cc2/C=C2\SC(=S)N(C)C2=O)c1. The van der Waals surface area contributed by atoms with E-state index in [2.05, 4.69) is 6.92 Å². The number of amides is 1. The minimum atomic E-state index is -0.0925. The number of thioether (sulfide) groups is 1. The van der Waals surface area contributed by atoms with Gasteiger partial charge in [0.1, 0.15) is 15.8 Å². The first kappa shape index (κ1) is 21.3. The number of aromatic nitrogens is 2. The molecule has 0 N–H and O–H groups in total. The van der Waals surface area contributed by atoms with Gasteiger partial charge in [0.25, 0.3) is 5.91 Å². The number of nitrogens with zero attached hydrogens (tertiary/aromatic N) is 3. The van der Waals surface area contributed by atoms with Crippen molar-refractivity contribution in [1.29, 1.82) is 0 Å². The summed E-state index contributed by atoms with van der Waals surface area (Å²) in [5.74, 6) is 0.719. The highest BCUT2D eigenvalue weighted by molar-refractivity contribution is 8.26. The van der Waals surface area contributed by atoms with Gasteiger partial charge < -0.3 is 4.74 Å². The first-order chi connectivity index (χ1) is 15.1. The van der Waals surface area contributed by atoms with Crippen molar-refractivity contribution in [2.24, 2.45) is 0 Å². The van der Waals surface area contributed by atoms with E-state index in [1.807, 2.05) is 71.6 Å². The highest BCUT2D eigenvalue weighted by atomic mass is 32.2. The normalized spacial score (nSPS) is 15.2. The Kier molecular flexibility index (Phi) is 6.53. The van der Waals surface area contributed by atoms with Gasteiger partial charge in [-0.2, -0.15) is 5.10 Å². The van der Waals surface area contributed by atoms with Crippen molar-refractivity contribution >= 4 is 40.3 Å². The summed E-state index contributed by atoms with van der Waals surface area (Å²) in [4.78, 5) is 14.6. The van der Waals surface area contributed by atoms with E-state index in [0.717, 1.165) is 41.1 Å². The fraction of sp³-hybridized carbons (Fsp3) is 0.208. The molecular formula is C24H23N3O2S2. The second-order valence-corrected chi connectivity index (χ2v) is 8.86. The first-order valence-corrected chi connectivity index (χ1v) is 11.4. The molecule has 7 heteroatoms. The summed E-state index contributed by atoms with van der Waals surface area (Å²) in [7, 11) is 1.70. The molecule has 0 spiro atoms. The van der Waals surface area contributed by atoms with Crippen molar-refractivity contribution in [3.8, 4) is 22.7 Å². The van der Waals surface area contributed by atoms with Gasteiger partial charge in [-0.05, 0) is 36.8 Å². The number of carbonyl (C=O) groups excluding carboxylic acids is 1. The van der Waals surface area contributed by atoms with Crippen LogP contribution in [0.2, 0.25) is 0 Å². The highest BCUT2D eigenvalue weighted by Crippen LogP contribution is 2.34. The minimum absolute atomic E-state index is 0.0925. The molecule has 158 valence electrons. The van der Waals surface area contributed by atoms with Crippen LogP contribution in [0.25, 0.3) is 23.0 Å². The molecule has 1 aliphatic rings. The smallest absolute Gasteiger partial charge is 0.265 e. The second-order valence-electron chi connectivity index (χ2n) is 7.18. The van der Waals surface area contributed by atoms with Gasteiger partial charge in [-0.3, -0.25) is 9.69 Å². The van der Waals surface area contributed by atoms with Gasteiger partial charge in [-0.1, -0.05) is 67.7 Å². The molecule has 2 heterocycles. The van der Waals surface area contributed by atoms with Crippen LogP contribution in [0.1, 0.15) is 25.3 Å². The van der Waals surface area contributed by atoms with E-state index in [1.54, 1.807) is 7.05 Å². The number of rotatable bonds is 7. The van der Waals surface area contributed by atoms with Crippen molar-refractivity contribution in [1.82, 2.24) is 14.7 Å². The van der Waals surface area contributed by atoms with E-state index in [-0.39, 0.29) is 5.91 Å². The van der Waals surface area contributed by atoms with Crippen molar-refractivity contribution < 1.29 is 9.53 Å². The second kappa shape index (κ2) is 9.49. The molecule has 0 radical (unpaired) electrons. The lowest BCUT2D eigenvalue weighted by atomic mass is 10.1. The average Bonchev–Trinajstić information content (AvgIpc) is 3.32. The molecule has 0 aliphatic carbocycles. The predicted octanol–water partition coefficient (Wildman–Crippen LogP) is 5.55. The predicted molar refractivity (Wildman–Crippen MR) is 130 cm³/mol. The number of benzene rings is 2. The molecule has 1 amide bonds. The molecule has 1 saturated heterocycles. The Morgan fingerprint density at radius 1 is 1.16 bits per heavy atom. The molecule has 31 heavy (non-hydrogen) atoms. The zero-order valence-corrected chi connectivity index (χ0v) is 19.1. The van der Waals surface area contributed by atoms with E-state index in [0.29, 0.717) is 15.8 Å².